The van der Waals surface area contributed by atoms with Gasteiger partial charge in [-0.05, 0) is 38.5 Å². The summed E-state index contributed by atoms with van der Waals surface area (Å²) in [6.07, 6.45) is 6.05. The van der Waals surface area contributed by atoms with Gasteiger partial charge in [-0.3, -0.25) is 9.59 Å². The molecule has 2 unspecified atom stereocenters. The first-order chi connectivity index (χ1) is 9.04. The number of carbonyl (C=O) groups excluding carboxylic acids is 2. The van der Waals surface area contributed by atoms with Crippen molar-refractivity contribution in [2.75, 3.05) is 6.54 Å². The van der Waals surface area contributed by atoms with E-state index in [0.717, 1.165) is 32.1 Å². The Hall–Kier alpha value is -1.06. The summed E-state index contributed by atoms with van der Waals surface area (Å²) in [6.45, 7) is 6.75. The second-order valence-electron chi connectivity index (χ2n) is 6.11. The molecule has 0 radical (unpaired) electrons. The lowest BCUT2D eigenvalue weighted by atomic mass is 9.89. The fraction of sp³-hybridized carbons (Fsp3) is 0.867. The first-order valence-corrected chi connectivity index (χ1v) is 7.67. The summed E-state index contributed by atoms with van der Waals surface area (Å²) in [5.74, 6) is 0.553. The largest absolute Gasteiger partial charge is 0.342 e. The van der Waals surface area contributed by atoms with Crippen LogP contribution >= 0.6 is 0 Å². The molecule has 0 bridgehead atoms. The van der Waals surface area contributed by atoms with Gasteiger partial charge in [-0.15, -0.1) is 0 Å². The molecule has 108 valence electrons. The lowest BCUT2D eigenvalue weighted by molar-refractivity contribution is -0.157. The Bertz CT molecular complexity index is 365. The summed E-state index contributed by atoms with van der Waals surface area (Å²) in [4.78, 5) is 26.9. The number of rotatable bonds is 6. The molecule has 4 heteroatoms. The maximum Gasteiger partial charge on any atom is 0.246 e. The molecule has 1 saturated heterocycles. The van der Waals surface area contributed by atoms with Crippen LogP contribution in [0.3, 0.4) is 0 Å². The quantitative estimate of drug-likeness (QED) is 0.748. The predicted molar refractivity (Wildman–Crippen MR) is 74.6 cm³/mol. The van der Waals surface area contributed by atoms with E-state index < -0.39 is 5.54 Å². The van der Waals surface area contributed by atoms with Gasteiger partial charge in [-0.25, -0.2) is 0 Å². The number of amides is 2. The molecule has 1 heterocycles. The summed E-state index contributed by atoms with van der Waals surface area (Å²) >= 11 is 0. The van der Waals surface area contributed by atoms with Crippen molar-refractivity contribution in [3.8, 4) is 0 Å². The number of piperazine rings is 1. The van der Waals surface area contributed by atoms with Crippen molar-refractivity contribution in [1.82, 2.24) is 10.2 Å². The van der Waals surface area contributed by atoms with Gasteiger partial charge >= 0.3 is 0 Å². The van der Waals surface area contributed by atoms with E-state index in [-0.39, 0.29) is 17.9 Å². The van der Waals surface area contributed by atoms with Gasteiger partial charge in [-0.2, -0.15) is 0 Å². The van der Waals surface area contributed by atoms with Gasteiger partial charge in [-0.1, -0.05) is 26.7 Å². The molecule has 0 aromatic rings. The third-order valence-electron chi connectivity index (χ3n) is 4.67. The Kier molecular flexibility index (Phi) is 4.16. The van der Waals surface area contributed by atoms with E-state index in [9.17, 15) is 9.59 Å². The molecule has 2 fully saturated rings. The fourth-order valence-corrected chi connectivity index (χ4v) is 2.87. The average molecular weight is 266 g/mol. The predicted octanol–water partition coefficient (Wildman–Crippen LogP) is 2.08. The molecule has 2 amide bonds. The van der Waals surface area contributed by atoms with E-state index in [1.165, 1.54) is 0 Å². The van der Waals surface area contributed by atoms with E-state index in [0.29, 0.717) is 18.9 Å². The molecule has 19 heavy (non-hydrogen) atoms. The summed E-state index contributed by atoms with van der Waals surface area (Å²) in [5.41, 5.74) is -0.657. The highest BCUT2D eigenvalue weighted by atomic mass is 16.2. The van der Waals surface area contributed by atoms with Gasteiger partial charge in [0.25, 0.3) is 0 Å². The minimum Gasteiger partial charge on any atom is -0.342 e. The summed E-state index contributed by atoms with van der Waals surface area (Å²) in [6, 6.07) is -0.256. The molecule has 1 aliphatic heterocycles. The van der Waals surface area contributed by atoms with E-state index >= 15 is 0 Å². The molecule has 0 aromatic carbocycles. The van der Waals surface area contributed by atoms with Gasteiger partial charge in [0.1, 0.15) is 11.6 Å². The second-order valence-corrected chi connectivity index (χ2v) is 6.11. The Morgan fingerprint density at radius 2 is 1.95 bits per heavy atom. The molecule has 1 aliphatic carbocycles. The van der Waals surface area contributed by atoms with Crippen LogP contribution in [0, 0.1) is 5.92 Å². The molecule has 1 N–H and O–H groups in total. The number of hydrogen-bond acceptors (Lipinski definition) is 2. The molecule has 2 atom stereocenters. The van der Waals surface area contributed by atoms with E-state index in [1.807, 2.05) is 18.7 Å². The van der Waals surface area contributed by atoms with Crippen LogP contribution in [-0.4, -0.2) is 34.8 Å². The van der Waals surface area contributed by atoms with Crippen LogP contribution in [0.1, 0.15) is 59.3 Å². The highest BCUT2D eigenvalue weighted by molar-refractivity contribution is 5.99. The molecular weight excluding hydrogens is 240 g/mol. The molecule has 2 aliphatic rings. The number of carbonyl (C=O) groups is 2. The summed E-state index contributed by atoms with van der Waals surface area (Å²) in [5, 5.41) is 2.96. The first kappa shape index (κ1) is 14.4. The van der Waals surface area contributed by atoms with Crippen LogP contribution in [0.2, 0.25) is 0 Å². The monoisotopic (exact) mass is 266 g/mol. The third-order valence-corrected chi connectivity index (χ3v) is 4.67. The van der Waals surface area contributed by atoms with Crippen LogP contribution in [0.25, 0.3) is 0 Å². The van der Waals surface area contributed by atoms with Gasteiger partial charge in [0.15, 0.2) is 0 Å². The topological polar surface area (TPSA) is 49.4 Å². The van der Waals surface area contributed by atoms with E-state index in [2.05, 4.69) is 12.2 Å². The number of nitrogens with one attached hydrogen (secondary N) is 1. The Labute approximate surface area is 115 Å². The van der Waals surface area contributed by atoms with Crippen molar-refractivity contribution >= 4 is 11.8 Å². The van der Waals surface area contributed by atoms with E-state index in [4.69, 9.17) is 0 Å². The molecule has 0 spiro atoms. The average Bonchev–Trinajstić information content (AvgIpc) is 3.22. The maximum atomic E-state index is 12.6. The zero-order valence-corrected chi connectivity index (χ0v) is 12.4. The summed E-state index contributed by atoms with van der Waals surface area (Å²) in [7, 11) is 0. The van der Waals surface area contributed by atoms with Crippen molar-refractivity contribution in [3.63, 3.8) is 0 Å². The zero-order chi connectivity index (χ0) is 14.0. The van der Waals surface area contributed by atoms with Crippen molar-refractivity contribution < 1.29 is 9.59 Å². The highest BCUT2D eigenvalue weighted by Crippen LogP contribution is 2.37. The number of hydrogen-bond donors (Lipinski definition) is 1. The number of nitrogens with zero attached hydrogens (tertiary/aromatic N) is 1. The Morgan fingerprint density at radius 1 is 1.26 bits per heavy atom. The van der Waals surface area contributed by atoms with Gasteiger partial charge in [0.05, 0.1) is 0 Å². The fourth-order valence-electron chi connectivity index (χ4n) is 2.87. The SMILES string of the molecule is CCCCCN1C(=O)C(C2CC2)NC(=O)C1(C)CC. The smallest absolute Gasteiger partial charge is 0.246 e. The second kappa shape index (κ2) is 5.51. The van der Waals surface area contributed by atoms with Gasteiger partial charge in [0, 0.05) is 6.54 Å². The lowest BCUT2D eigenvalue weighted by Crippen LogP contribution is -2.69. The molecule has 1 saturated carbocycles. The van der Waals surface area contributed by atoms with Crippen LogP contribution < -0.4 is 5.32 Å². The lowest BCUT2D eigenvalue weighted by Gasteiger charge is -2.46. The van der Waals surface area contributed by atoms with Crippen LogP contribution in [0.5, 0.6) is 0 Å². The van der Waals surface area contributed by atoms with E-state index in [1.54, 1.807) is 0 Å². The van der Waals surface area contributed by atoms with Crippen molar-refractivity contribution in [3.05, 3.63) is 0 Å². The summed E-state index contributed by atoms with van der Waals surface area (Å²) < 4.78 is 0. The third kappa shape index (κ3) is 2.63. The Morgan fingerprint density at radius 3 is 2.47 bits per heavy atom. The Balaban J connectivity index is 2.14. The standard InChI is InChI=1S/C15H26N2O2/c1-4-6-7-10-17-13(18)12(11-8-9-11)16-14(19)15(17,3)5-2/h11-12H,4-10H2,1-3H3,(H,16,19). The maximum absolute atomic E-state index is 12.6. The van der Waals surface area contributed by atoms with Crippen LogP contribution in [-0.2, 0) is 9.59 Å². The van der Waals surface area contributed by atoms with Crippen LogP contribution in [0.15, 0.2) is 0 Å². The van der Waals surface area contributed by atoms with Gasteiger partial charge < -0.3 is 10.2 Å². The van der Waals surface area contributed by atoms with Crippen molar-refractivity contribution in [1.29, 1.82) is 0 Å². The molecular formula is C15H26N2O2. The molecule has 4 nitrogen and oxygen atoms in total. The zero-order valence-electron chi connectivity index (χ0n) is 12.4. The minimum absolute atomic E-state index is 0.0306. The normalized spacial score (nSPS) is 31.5. The van der Waals surface area contributed by atoms with Crippen molar-refractivity contribution in [2.24, 2.45) is 5.92 Å². The van der Waals surface area contributed by atoms with Crippen molar-refractivity contribution in [2.45, 2.75) is 70.9 Å². The highest BCUT2D eigenvalue weighted by Gasteiger charge is 2.51. The number of unbranched alkanes of at least 4 members (excludes halogenated alkanes) is 2. The minimum atomic E-state index is -0.657. The molecule has 0 aromatic heterocycles. The molecule has 2 rings (SSSR count). The van der Waals surface area contributed by atoms with Gasteiger partial charge in [0.2, 0.25) is 11.8 Å². The first-order valence-electron chi connectivity index (χ1n) is 7.67. The van der Waals surface area contributed by atoms with Crippen LogP contribution in [0.4, 0.5) is 0 Å².